The minimum Gasteiger partial charge on any atom is -0.493 e. The summed E-state index contributed by atoms with van der Waals surface area (Å²) >= 11 is 1.32. The van der Waals surface area contributed by atoms with Gasteiger partial charge in [-0.05, 0) is 48.7 Å². The van der Waals surface area contributed by atoms with Gasteiger partial charge in [-0.25, -0.2) is 8.42 Å². The molecule has 3 N–H and O–H groups in total. The molecule has 0 atom stereocenters. The molecule has 0 radical (unpaired) electrons. The van der Waals surface area contributed by atoms with Crippen molar-refractivity contribution in [3.8, 4) is 5.75 Å². The van der Waals surface area contributed by atoms with Crippen LogP contribution in [0.15, 0.2) is 94.7 Å². The second-order valence-corrected chi connectivity index (χ2v) is 10.7. The second-order valence-electron chi connectivity index (χ2n) is 7.98. The molecule has 0 aliphatic carbocycles. The van der Waals surface area contributed by atoms with Crippen molar-refractivity contribution in [2.24, 2.45) is 0 Å². The molecule has 0 saturated heterocycles. The third kappa shape index (κ3) is 5.85. The Morgan fingerprint density at radius 2 is 1.69 bits per heavy atom. The first kappa shape index (κ1) is 24.8. The number of rotatable bonds is 9. The van der Waals surface area contributed by atoms with Gasteiger partial charge in [-0.2, -0.15) is 0 Å². The minimum absolute atomic E-state index is 0.0783. The molecule has 0 heterocycles. The first-order valence-corrected chi connectivity index (χ1v) is 13.3. The number of ether oxygens (including phenoxy) is 1. The zero-order valence-electron chi connectivity index (χ0n) is 19.2. The van der Waals surface area contributed by atoms with Crippen LogP contribution in [0.1, 0.15) is 17.5 Å². The van der Waals surface area contributed by atoms with E-state index in [1.807, 2.05) is 49.4 Å². The van der Waals surface area contributed by atoms with Crippen molar-refractivity contribution in [2.75, 3.05) is 18.9 Å². The normalized spacial score (nSPS) is 11.5. The van der Waals surface area contributed by atoms with E-state index in [4.69, 9.17) is 20.1 Å². The van der Waals surface area contributed by atoms with Crippen molar-refractivity contribution in [3.05, 3.63) is 96.1 Å². The maximum Gasteiger partial charge on any atom is 0.224 e. The van der Waals surface area contributed by atoms with Crippen molar-refractivity contribution >= 4 is 43.4 Å². The zero-order valence-corrected chi connectivity index (χ0v) is 20.9. The average Bonchev–Trinajstić information content (AvgIpc) is 2.87. The van der Waals surface area contributed by atoms with Crippen molar-refractivity contribution in [1.29, 1.82) is 5.41 Å². The standard InChI is InChI=1S/C27H26N2O4S2/c1-19-10-13-22(14-11-19)34-33-17-5-16-32-21-12-15-25(28)24(18-21)27(29)35(30,31)26-9-4-7-20-6-2-3-8-23(20)26/h2-4,6-15,18,29H,5,16-17,28H2,1H3. The summed E-state index contributed by atoms with van der Waals surface area (Å²) in [5, 5.41) is 9.29. The second kappa shape index (κ2) is 10.9. The number of sulfone groups is 1. The highest BCUT2D eigenvalue weighted by atomic mass is 32.2. The maximum absolute atomic E-state index is 13.3. The van der Waals surface area contributed by atoms with Crippen LogP contribution in [0.2, 0.25) is 0 Å². The molecular weight excluding hydrogens is 480 g/mol. The number of fused-ring (bicyclic) bond motifs is 1. The predicted octanol–water partition coefficient (Wildman–Crippen LogP) is 6.02. The molecule has 0 amide bonds. The molecule has 4 rings (SSSR count). The summed E-state index contributed by atoms with van der Waals surface area (Å²) in [7, 11) is -4.09. The number of benzene rings is 4. The van der Waals surface area contributed by atoms with Gasteiger partial charge in [0.25, 0.3) is 0 Å². The monoisotopic (exact) mass is 506 g/mol. The smallest absolute Gasteiger partial charge is 0.224 e. The fourth-order valence-electron chi connectivity index (χ4n) is 3.52. The molecule has 0 spiro atoms. The molecule has 0 aliphatic heterocycles. The van der Waals surface area contributed by atoms with E-state index in [-0.39, 0.29) is 16.1 Å². The number of nitrogens with one attached hydrogen (secondary N) is 1. The Balaban J connectivity index is 1.40. The molecule has 0 saturated carbocycles. The van der Waals surface area contributed by atoms with E-state index in [2.05, 4.69) is 0 Å². The molecule has 0 fully saturated rings. The van der Waals surface area contributed by atoms with E-state index in [1.165, 1.54) is 29.7 Å². The first-order valence-electron chi connectivity index (χ1n) is 11.1. The van der Waals surface area contributed by atoms with Gasteiger partial charge in [0.2, 0.25) is 9.84 Å². The summed E-state index contributed by atoms with van der Waals surface area (Å²) in [5.74, 6) is 0.443. The molecule has 4 aromatic carbocycles. The molecule has 0 aliphatic rings. The Morgan fingerprint density at radius 1 is 0.943 bits per heavy atom. The maximum atomic E-state index is 13.3. The highest BCUT2D eigenvalue weighted by Gasteiger charge is 2.26. The van der Waals surface area contributed by atoms with E-state index in [0.717, 1.165) is 10.3 Å². The van der Waals surface area contributed by atoms with Crippen LogP contribution < -0.4 is 10.5 Å². The first-order chi connectivity index (χ1) is 16.9. The minimum atomic E-state index is -4.09. The molecular formula is C27H26N2O4S2. The summed E-state index contributed by atoms with van der Waals surface area (Å²) in [6.07, 6.45) is 0.643. The molecule has 0 aromatic heterocycles. The lowest BCUT2D eigenvalue weighted by Gasteiger charge is -2.13. The fraction of sp³-hybridized carbons (Fsp3) is 0.148. The molecule has 35 heavy (non-hydrogen) atoms. The predicted molar refractivity (Wildman–Crippen MR) is 142 cm³/mol. The summed E-state index contributed by atoms with van der Waals surface area (Å²) in [6, 6.07) is 25.0. The van der Waals surface area contributed by atoms with E-state index < -0.39 is 14.9 Å². The van der Waals surface area contributed by atoms with Crippen molar-refractivity contribution in [2.45, 2.75) is 23.1 Å². The van der Waals surface area contributed by atoms with Crippen LogP contribution in [0.3, 0.4) is 0 Å². The SMILES string of the molecule is Cc1ccc(SOCCCOc2ccc(N)c(C(=N)S(=O)(=O)c3cccc4ccccc34)c2)cc1. The van der Waals surface area contributed by atoms with Gasteiger partial charge in [0.1, 0.15) is 5.75 Å². The quantitative estimate of drug-likeness (QED) is 0.0946. The summed E-state index contributed by atoms with van der Waals surface area (Å²) in [5.41, 5.74) is 7.56. The van der Waals surface area contributed by atoms with Crippen LogP contribution in [-0.2, 0) is 14.0 Å². The zero-order chi connectivity index (χ0) is 24.8. The van der Waals surface area contributed by atoms with E-state index in [9.17, 15) is 8.42 Å². The van der Waals surface area contributed by atoms with Gasteiger partial charge in [-0.15, -0.1) is 0 Å². The summed E-state index contributed by atoms with van der Waals surface area (Å²) < 4.78 is 38.1. The van der Waals surface area contributed by atoms with E-state index >= 15 is 0 Å². The van der Waals surface area contributed by atoms with Crippen LogP contribution in [0.25, 0.3) is 10.8 Å². The van der Waals surface area contributed by atoms with Crippen LogP contribution in [0.5, 0.6) is 5.75 Å². The molecule has 4 aromatic rings. The van der Waals surface area contributed by atoms with Crippen LogP contribution in [-0.4, -0.2) is 26.7 Å². The van der Waals surface area contributed by atoms with Crippen molar-refractivity contribution in [1.82, 2.24) is 0 Å². The van der Waals surface area contributed by atoms with Crippen molar-refractivity contribution in [3.63, 3.8) is 0 Å². The number of nitrogens with two attached hydrogens (primary N) is 1. The fourth-order valence-corrected chi connectivity index (χ4v) is 5.52. The molecule has 6 nitrogen and oxygen atoms in total. The van der Waals surface area contributed by atoms with Crippen LogP contribution in [0.4, 0.5) is 5.69 Å². The number of aryl methyl sites for hydroxylation is 1. The Labute approximate surface area is 209 Å². The highest BCUT2D eigenvalue weighted by molar-refractivity contribution is 8.07. The van der Waals surface area contributed by atoms with E-state index in [1.54, 1.807) is 30.3 Å². The highest BCUT2D eigenvalue weighted by Crippen LogP contribution is 2.29. The number of hydrogen-bond acceptors (Lipinski definition) is 7. The summed E-state index contributed by atoms with van der Waals surface area (Å²) in [4.78, 5) is 1.11. The Morgan fingerprint density at radius 3 is 2.49 bits per heavy atom. The summed E-state index contributed by atoms with van der Waals surface area (Å²) in [6.45, 7) is 2.91. The average molecular weight is 507 g/mol. The molecule has 0 unspecified atom stereocenters. The third-order valence-corrected chi connectivity index (χ3v) is 7.84. The number of nitrogen functional groups attached to an aromatic ring is 1. The van der Waals surface area contributed by atoms with Gasteiger partial charge in [0, 0.05) is 40.0 Å². The van der Waals surface area contributed by atoms with E-state index in [0.29, 0.717) is 30.8 Å². The lowest BCUT2D eigenvalue weighted by Crippen LogP contribution is -2.17. The van der Waals surface area contributed by atoms with Gasteiger partial charge in [0.15, 0.2) is 5.04 Å². The van der Waals surface area contributed by atoms with Crippen LogP contribution in [0, 0.1) is 12.3 Å². The van der Waals surface area contributed by atoms with Gasteiger partial charge in [0.05, 0.1) is 18.1 Å². The lowest BCUT2D eigenvalue weighted by atomic mass is 10.1. The number of hydrogen-bond donors (Lipinski definition) is 2. The largest absolute Gasteiger partial charge is 0.493 e. The number of anilines is 1. The van der Waals surface area contributed by atoms with Gasteiger partial charge in [-0.1, -0.05) is 54.1 Å². The molecule has 8 heteroatoms. The Bertz CT molecular complexity index is 1450. The van der Waals surface area contributed by atoms with Gasteiger partial charge in [-0.3, -0.25) is 5.41 Å². The molecule has 180 valence electrons. The third-order valence-electron chi connectivity index (χ3n) is 5.39. The lowest BCUT2D eigenvalue weighted by molar-refractivity contribution is 0.267. The Kier molecular flexibility index (Phi) is 7.75. The van der Waals surface area contributed by atoms with Gasteiger partial charge >= 0.3 is 0 Å². The molecule has 0 bridgehead atoms. The van der Waals surface area contributed by atoms with Gasteiger partial charge < -0.3 is 14.7 Å². The topological polar surface area (TPSA) is 102 Å². The van der Waals surface area contributed by atoms with Crippen LogP contribution >= 0.6 is 12.0 Å². The Hall–Kier alpha value is -3.33. The van der Waals surface area contributed by atoms with Crippen molar-refractivity contribution < 1.29 is 17.3 Å².